The summed E-state index contributed by atoms with van der Waals surface area (Å²) in [4.78, 5) is 0. The predicted octanol–water partition coefficient (Wildman–Crippen LogP) is 4.47. The van der Waals surface area contributed by atoms with Crippen molar-refractivity contribution in [2.45, 2.75) is 50.0 Å². The molecule has 0 rings (SSSR count). The maximum atomic E-state index is 12.8. The van der Waals surface area contributed by atoms with Crippen LogP contribution in [0, 0.1) is 0 Å². The number of hydrogen-bond donors (Lipinski definition) is 0. The average Bonchev–Trinajstić information content (AvgIpc) is 2.21. The lowest BCUT2D eigenvalue weighted by molar-refractivity contribution is -0.448. The molecule has 0 saturated heterocycles. The molecule has 0 heterocycles. The van der Waals surface area contributed by atoms with Crippen molar-refractivity contribution in [3.05, 3.63) is 0 Å². The predicted molar refractivity (Wildman–Crippen MR) is 42.1 cm³/mol. The average molecular weight is 328 g/mol. The summed E-state index contributed by atoms with van der Waals surface area (Å²) in [5, 5.41) is 0. The maximum absolute atomic E-state index is 12.8. The smallest absolute Gasteiger partial charge is 0.299 e. The van der Waals surface area contributed by atoms with Gasteiger partial charge in [0.25, 0.3) is 0 Å². The van der Waals surface area contributed by atoms with E-state index in [-0.39, 0.29) is 0 Å². The zero-order valence-corrected chi connectivity index (χ0v) is 9.43. The van der Waals surface area contributed by atoms with Crippen LogP contribution >= 0.6 is 0 Å². The molecule has 122 valence electrons. The highest BCUT2D eigenvalue weighted by molar-refractivity contribution is 4.88. The number of halogens is 11. The number of alkyl halides is 11. The van der Waals surface area contributed by atoms with E-state index in [1.54, 1.807) is 0 Å². The van der Waals surface area contributed by atoms with Gasteiger partial charge in [0.15, 0.2) is 6.10 Å². The Balaban J connectivity index is 5.42. The van der Waals surface area contributed by atoms with Gasteiger partial charge in [-0.3, -0.25) is 4.74 Å². The van der Waals surface area contributed by atoms with Gasteiger partial charge in [0.1, 0.15) is 6.17 Å². The summed E-state index contributed by atoms with van der Waals surface area (Å²) in [7, 11) is 0. The second-order valence-corrected chi connectivity index (χ2v) is 3.59. The maximum Gasteiger partial charge on any atom is 0.462 e. The Morgan fingerprint density at radius 1 is 0.850 bits per heavy atom. The van der Waals surface area contributed by atoms with Gasteiger partial charge in [-0.1, -0.05) is 6.92 Å². The highest BCUT2D eigenvalue weighted by atomic mass is 19.4. The molecular formula is C8H7F11O. The van der Waals surface area contributed by atoms with Crippen LogP contribution < -0.4 is 0 Å². The Labute approximate surface area is 104 Å². The molecule has 0 aromatic heterocycles. The molecule has 2 unspecified atom stereocenters. The molecule has 0 aromatic rings. The van der Waals surface area contributed by atoms with Gasteiger partial charge in [0, 0.05) is 0 Å². The molecule has 12 heteroatoms. The quantitative estimate of drug-likeness (QED) is 0.677. The number of hydrogen-bond acceptors (Lipinski definition) is 1. The Morgan fingerprint density at radius 3 is 1.50 bits per heavy atom. The van der Waals surface area contributed by atoms with Crippen LogP contribution in [0.1, 0.15) is 13.3 Å². The third kappa shape index (κ3) is 3.85. The first kappa shape index (κ1) is 19.2. The summed E-state index contributed by atoms with van der Waals surface area (Å²) in [6.07, 6.45) is -27.8. The van der Waals surface area contributed by atoms with Crippen LogP contribution in [0.4, 0.5) is 48.3 Å². The van der Waals surface area contributed by atoms with Crippen molar-refractivity contribution in [2.24, 2.45) is 0 Å². The third-order valence-corrected chi connectivity index (χ3v) is 2.04. The van der Waals surface area contributed by atoms with E-state index < -0.39 is 43.1 Å². The van der Waals surface area contributed by atoms with Crippen molar-refractivity contribution in [2.75, 3.05) is 0 Å². The van der Waals surface area contributed by atoms with Crippen LogP contribution in [0.3, 0.4) is 0 Å². The molecular weight excluding hydrogens is 321 g/mol. The second-order valence-electron chi connectivity index (χ2n) is 3.59. The number of ether oxygens (including phenoxy) is 1. The molecule has 0 N–H and O–H groups in total. The molecule has 20 heavy (non-hydrogen) atoms. The summed E-state index contributed by atoms with van der Waals surface area (Å²) in [6, 6.07) is 0. The van der Waals surface area contributed by atoms with Gasteiger partial charge in [-0.25, -0.2) is 4.39 Å². The molecule has 0 radical (unpaired) electrons. The van der Waals surface area contributed by atoms with E-state index in [0.29, 0.717) is 0 Å². The van der Waals surface area contributed by atoms with E-state index in [2.05, 4.69) is 4.74 Å². The fraction of sp³-hybridized carbons (Fsp3) is 1.00. The van der Waals surface area contributed by atoms with Crippen molar-refractivity contribution < 1.29 is 53.0 Å². The molecule has 0 bridgehead atoms. The van der Waals surface area contributed by atoms with Crippen LogP contribution in [-0.2, 0) is 4.74 Å². The van der Waals surface area contributed by atoms with E-state index in [0.717, 1.165) is 6.92 Å². The van der Waals surface area contributed by atoms with Gasteiger partial charge in [-0.15, -0.1) is 0 Å². The zero-order chi connectivity index (χ0) is 16.6. The summed E-state index contributed by atoms with van der Waals surface area (Å²) in [6.45, 7) is 0.729. The third-order valence-electron chi connectivity index (χ3n) is 2.04. The van der Waals surface area contributed by atoms with Crippen molar-refractivity contribution in [1.82, 2.24) is 0 Å². The van der Waals surface area contributed by atoms with Crippen LogP contribution in [-0.4, -0.2) is 36.7 Å². The first-order valence-electron chi connectivity index (χ1n) is 4.79. The standard InChI is InChI=1S/C8H7F11O/c1-2-3(9)4(5(10,11)12)20-8(18,19)6(13,14)7(15,16)17/h3-4H,2H2,1H3. The van der Waals surface area contributed by atoms with Crippen molar-refractivity contribution in [3.8, 4) is 0 Å². The van der Waals surface area contributed by atoms with Crippen LogP contribution in [0.2, 0.25) is 0 Å². The molecule has 0 amide bonds. The molecule has 0 aliphatic heterocycles. The molecule has 0 aliphatic carbocycles. The minimum atomic E-state index is -6.91. The van der Waals surface area contributed by atoms with Gasteiger partial charge in [-0.2, -0.15) is 43.9 Å². The Kier molecular flexibility index (Phi) is 5.30. The lowest BCUT2D eigenvalue weighted by Gasteiger charge is -2.32. The van der Waals surface area contributed by atoms with Gasteiger partial charge in [0.2, 0.25) is 0 Å². The van der Waals surface area contributed by atoms with E-state index >= 15 is 0 Å². The fourth-order valence-corrected chi connectivity index (χ4v) is 0.958. The summed E-state index contributed by atoms with van der Waals surface area (Å²) in [5.74, 6) is -6.91. The van der Waals surface area contributed by atoms with Gasteiger partial charge < -0.3 is 0 Å². The summed E-state index contributed by atoms with van der Waals surface area (Å²) in [5.41, 5.74) is 0. The van der Waals surface area contributed by atoms with Gasteiger partial charge >= 0.3 is 24.4 Å². The first-order valence-corrected chi connectivity index (χ1v) is 4.79. The van der Waals surface area contributed by atoms with Crippen LogP contribution in [0.15, 0.2) is 0 Å². The molecule has 0 aliphatic rings. The Hall–Kier alpha value is -0.810. The minimum absolute atomic E-state index is 0.729. The molecule has 0 fully saturated rings. The molecule has 0 spiro atoms. The normalized spacial score (nSPS) is 18.0. The fourth-order valence-electron chi connectivity index (χ4n) is 0.958. The van der Waals surface area contributed by atoms with Crippen molar-refractivity contribution in [3.63, 3.8) is 0 Å². The highest BCUT2D eigenvalue weighted by Crippen LogP contribution is 2.48. The molecule has 1 nitrogen and oxygen atoms in total. The topological polar surface area (TPSA) is 9.23 Å². The van der Waals surface area contributed by atoms with E-state index in [4.69, 9.17) is 0 Å². The largest absolute Gasteiger partial charge is 0.462 e. The Bertz CT molecular complexity index is 317. The molecule has 0 saturated carbocycles. The lowest BCUT2D eigenvalue weighted by Crippen LogP contribution is -2.57. The number of rotatable bonds is 5. The molecule has 0 aromatic carbocycles. The van der Waals surface area contributed by atoms with E-state index in [9.17, 15) is 48.3 Å². The van der Waals surface area contributed by atoms with Crippen molar-refractivity contribution >= 4 is 0 Å². The SMILES string of the molecule is CCC(F)C(OC(F)(F)C(F)(F)C(F)(F)F)C(F)(F)F. The van der Waals surface area contributed by atoms with Gasteiger partial charge in [-0.05, 0) is 6.42 Å². The van der Waals surface area contributed by atoms with Crippen molar-refractivity contribution in [1.29, 1.82) is 0 Å². The first-order chi connectivity index (χ1) is 8.58. The van der Waals surface area contributed by atoms with Gasteiger partial charge in [0.05, 0.1) is 0 Å². The van der Waals surface area contributed by atoms with E-state index in [1.165, 1.54) is 0 Å². The molecule has 2 atom stereocenters. The summed E-state index contributed by atoms with van der Waals surface area (Å²) >= 11 is 0. The minimum Gasteiger partial charge on any atom is -0.299 e. The van der Waals surface area contributed by atoms with Crippen LogP contribution in [0.25, 0.3) is 0 Å². The summed E-state index contributed by atoms with van der Waals surface area (Å²) < 4.78 is 137. The highest BCUT2D eigenvalue weighted by Gasteiger charge is 2.76. The Morgan fingerprint density at radius 2 is 1.25 bits per heavy atom. The van der Waals surface area contributed by atoms with Crippen LogP contribution in [0.5, 0.6) is 0 Å². The monoisotopic (exact) mass is 328 g/mol. The van der Waals surface area contributed by atoms with E-state index in [1.807, 2.05) is 0 Å². The lowest BCUT2D eigenvalue weighted by atomic mass is 10.1. The zero-order valence-electron chi connectivity index (χ0n) is 9.43. The second kappa shape index (κ2) is 5.53.